The van der Waals surface area contributed by atoms with E-state index in [1.54, 1.807) is 6.20 Å². The molecule has 0 aliphatic rings. The first-order valence-electron chi connectivity index (χ1n) is 5.27. The zero-order chi connectivity index (χ0) is 13.0. The Morgan fingerprint density at radius 1 is 1.39 bits per heavy atom. The summed E-state index contributed by atoms with van der Waals surface area (Å²) in [6.07, 6.45) is 3.05. The maximum atomic E-state index is 10.8. The molecule has 2 rings (SSSR count). The molecule has 6 nitrogen and oxygen atoms in total. The zero-order valence-corrected chi connectivity index (χ0v) is 9.66. The lowest BCUT2D eigenvalue weighted by Crippen LogP contribution is -1.91. The number of benzene rings is 1. The molecule has 0 unspecified atom stereocenters. The molecule has 92 valence electrons. The molecule has 0 bridgehead atoms. The minimum absolute atomic E-state index is 0.110. The first kappa shape index (κ1) is 11.8. The topological polar surface area (TPSA) is 81.2 Å². The van der Waals surface area contributed by atoms with Gasteiger partial charge >= 0.3 is 5.69 Å². The van der Waals surface area contributed by atoms with Crippen LogP contribution in [0.5, 0.6) is 0 Å². The van der Waals surface area contributed by atoms with Crippen LogP contribution in [-0.2, 0) is 0 Å². The number of nitrogens with one attached hydrogen (secondary N) is 1. The van der Waals surface area contributed by atoms with E-state index in [9.17, 15) is 10.1 Å². The summed E-state index contributed by atoms with van der Waals surface area (Å²) < 4.78 is 4.88. The van der Waals surface area contributed by atoms with Gasteiger partial charge in [-0.2, -0.15) is 0 Å². The van der Waals surface area contributed by atoms with Crippen molar-refractivity contribution in [2.45, 2.75) is 6.92 Å². The molecule has 0 aliphatic heterocycles. The Bertz CT molecular complexity index is 576. The predicted octanol–water partition coefficient (Wildman–Crippen LogP) is 2.97. The third-order valence-electron chi connectivity index (χ3n) is 2.30. The fraction of sp³-hybridized carbons (Fsp3) is 0.0833. The van der Waals surface area contributed by atoms with Crippen LogP contribution in [0.3, 0.4) is 0 Å². The Kier molecular flexibility index (Phi) is 3.38. The van der Waals surface area contributed by atoms with Crippen molar-refractivity contribution in [3.63, 3.8) is 0 Å². The highest BCUT2D eigenvalue weighted by Gasteiger charge is 2.21. The van der Waals surface area contributed by atoms with Crippen molar-refractivity contribution in [3.05, 3.63) is 58.1 Å². The molecule has 0 spiro atoms. The normalized spacial score (nSPS) is 10.7. The van der Waals surface area contributed by atoms with E-state index in [1.165, 1.54) is 13.0 Å². The van der Waals surface area contributed by atoms with E-state index < -0.39 is 4.92 Å². The minimum Gasteiger partial charge on any atom is -0.362 e. The van der Waals surface area contributed by atoms with Crippen LogP contribution in [0.2, 0.25) is 0 Å². The molecule has 0 amide bonds. The van der Waals surface area contributed by atoms with Crippen molar-refractivity contribution in [3.8, 4) is 0 Å². The van der Waals surface area contributed by atoms with Crippen molar-refractivity contribution < 1.29 is 9.45 Å². The van der Waals surface area contributed by atoms with Crippen LogP contribution < -0.4 is 5.32 Å². The smallest absolute Gasteiger partial charge is 0.338 e. The number of hydrogen-bond acceptors (Lipinski definition) is 5. The van der Waals surface area contributed by atoms with Crippen molar-refractivity contribution in [1.29, 1.82) is 0 Å². The van der Waals surface area contributed by atoms with E-state index in [1.807, 2.05) is 30.3 Å². The van der Waals surface area contributed by atoms with E-state index in [-0.39, 0.29) is 17.1 Å². The van der Waals surface area contributed by atoms with Gasteiger partial charge in [0.05, 0.1) is 4.92 Å². The second kappa shape index (κ2) is 5.13. The molecule has 18 heavy (non-hydrogen) atoms. The summed E-state index contributed by atoms with van der Waals surface area (Å²) in [5, 5.41) is 17.3. The molecule has 0 saturated carbocycles. The molecule has 0 radical (unpaired) electrons. The van der Waals surface area contributed by atoms with Gasteiger partial charge in [0.15, 0.2) is 5.69 Å². The van der Waals surface area contributed by atoms with Gasteiger partial charge in [0, 0.05) is 18.0 Å². The summed E-state index contributed by atoms with van der Waals surface area (Å²) in [5.74, 6) is 0.126. The molecule has 0 saturated heterocycles. The number of para-hydroxylation sites is 1. The molecule has 0 atom stereocenters. The largest absolute Gasteiger partial charge is 0.362 e. The lowest BCUT2D eigenvalue weighted by atomic mass is 10.3. The SMILES string of the molecule is Cc1noc(C=CNc2ccccc2)c1[N+](=O)[O-]. The van der Waals surface area contributed by atoms with E-state index in [0.717, 1.165) is 5.69 Å². The van der Waals surface area contributed by atoms with Crippen LogP contribution in [0.15, 0.2) is 41.1 Å². The van der Waals surface area contributed by atoms with E-state index in [2.05, 4.69) is 10.5 Å². The molecular formula is C12H11N3O3. The Morgan fingerprint density at radius 2 is 2.11 bits per heavy atom. The number of rotatable bonds is 4. The van der Waals surface area contributed by atoms with Crippen LogP contribution >= 0.6 is 0 Å². The average Bonchev–Trinajstić information content (AvgIpc) is 2.72. The van der Waals surface area contributed by atoms with E-state index >= 15 is 0 Å². The summed E-state index contributed by atoms with van der Waals surface area (Å²) in [6, 6.07) is 9.43. The fourth-order valence-electron chi connectivity index (χ4n) is 1.46. The third-order valence-corrected chi connectivity index (χ3v) is 2.30. The Labute approximate surface area is 103 Å². The van der Waals surface area contributed by atoms with Gasteiger partial charge in [0.1, 0.15) is 0 Å². The quantitative estimate of drug-likeness (QED) is 0.661. The van der Waals surface area contributed by atoms with E-state index in [4.69, 9.17) is 4.52 Å². The van der Waals surface area contributed by atoms with Gasteiger partial charge in [-0.05, 0) is 19.1 Å². The highest BCUT2D eigenvalue weighted by Crippen LogP contribution is 2.23. The van der Waals surface area contributed by atoms with Gasteiger partial charge in [-0.25, -0.2) is 0 Å². The lowest BCUT2D eigenvalue weighted by molar-refractivity contribution is -0.386. The van der Waals surface area contributed by atoms with Crippen LogP contribution in [0, 0.1) is 17.0 Å². The maximum Gasteiger partial charge on any atom is 0.338 e. The average molecular weight is 245 g/mol. The van der Waals surface area contributed by atoms with E-state index in [0.29, 0.717) is 0 Å². The number of nitro groups is 1. The molecular weight excluding hydrogens is 234 g/mol. The molecule has 0 aliphatic carbocycles. The molecule has 2 aromatic rings. The maximum absolute atomic E-state index is 10.8. The van der Waals surface area contributed by atoms with Crippen molar-refractivity contribution in [2.24, 2.45) is 0 Å². The number of anilines is 1. The summed E-state index contributed by atoms with van der Waals surface area (Å²) in [7, 11) is 0. The summed E-state index contributed by atoms with van der Waals surface area (Å²) in [5.41, 5.74) is 1.04. The summed E-state index contributed by atoms with van der Waals surface area (Å²) in [4.78, 5) is 10.3. The van der Waals surface area contributed by atoms with Crippen LogP contribution in [0.4, 0.5) is 11.4 Å². The Balaban J connectivity index is 2.13. The molecule has 1 heterocycles. The first-order chi connectivity index (χ1) is 8.68. The zero-order valence-electron chi connectivity index (χ0n) is 9.66. The standard InChI is InChI=1S/C12H11N3O3/c1-9-12(15(16)17)11(18-14-9)7-8-13-10-5-3-2-4-6-10/h2-8,13H,1H3. The second-order valence-corrected chi connectivity index (χ2v) is 3.58. The van der Waals surface area contributed by atoms with Crippen molar-refractivity contribution in [2.75, 3.05) is 5.32 Å². The molecule has 1 N–H and O–H groups in total. The van der Waals surface area contributed by atoms with Gasteiger partial charge in [-0.15, -0.1) is 0 Å². The monoisotopic (exact) mass is 245 g/mol. The number of aromatic nitrogens is 1. The van der Waals surface area contributed by atoms with Crippen LogP contribution in [0.1, 0.15) is 11.5 Å². The number of hydrogen-bond donors (Lipinski definition) is 1. The Morgan fingerprint density at radius 3 is 2.78 bits per heavy atom. The van der Waals surface area contributed by atoms with Gasteiger partial charge in [-0.3, -0.25) is 10.1 Å². The predicted molar refractivity (Wildman–Crippen MR) is 67.0 cm³/mol. The van der Waals surface area contributed by atoms with Gasteiger partial charge < -0.3 is 9.84 Å². The highest BCUT2D eigenvalue weighted by atomic mass is 16.6. The molecule has 6 heteroatoms. The van der Waals surface area contributed by atoms with Gasteiger partial charge in [0.25, 0.3) is 0 Å². The Hall–Kier alpha value is -2.63. The van der Waals surface area contributed by atoms with Gasteiger partial charge in [0.2, 0.25) is 5.76 Å². The highest BCUT2D eigenvalue weighted by molar-refractivity contribution is 5.59. The number of nitrogens with zero attached hydrogens (tertiary/aromatic N) is 2. The summed E-state index contributed by atoms with van der Waals surface area (Å²) >= 11 is 0. The molecule has 0 fully saturated rings. The fourth-order valence-corrected chi connectivity index (χ4v) is 1.46. The molecule has 1 aromatic heterocycles. The van der Waals surface area contributed by atoms with Crippen LogP contribution in [0.25, 0.3) is 6.08 Å². The molecule has 1 aromatic carbocycles. The van der Waals surface area contributed by atoms with Crippen molar-refractivity contribution >= 4 is 17.5 Å². The third kappa shape index (κ3) is 2.54. The number of aryl methyl sites for hydroxylation is 1. The van der Waals surface area contributed by atoms with Crippen molar-refractivity contribution in [1.82, 2.24) is 5.16 Å². The lowest BCUT2D eigenvalue weighted by Gasteiger charge is -1.97. The first-order valence-corrected chi connectivity index (χ1v) is 5.27. The minimum atomic E-state index is -0.506. The second-order valence-electron chi connectivity index (χ2n) is 3.58. The summed E-state index contributed by atoms with van der Waals surface area (Å²) in [6.45, 7) is 1.53. The van der Waals surface area contributed by atoms with Gasteiger partial charge in [-0.1, -0.05) is 23.4 Å². The van der Waals surface area contributed by atoms with Crippen LogP contribution in [-0.4, -0.2) is 10.1 Å².